The largest absolute Gasteiger partial charge is 0.497 e. The Labute approximate surface area is 178 Å². The summed E-state index contributed by atoms with van der Waals surface area (Å²) in [5, 5.41) is 5.43. The third-order valence-electron chi connectivity index (χ3n) is 4.73. The number of pyridine rings is 1. The van der Waals surface area contributed by atoms with Crippen LogP contribution in [0.3, 0.4) is 0 Å². The van der Waals surface area contributed by atoms with E-state index in [9.17, 15) is 18.0 Å². The highest BCUT2D eigenvalue weighted by atomic mass is 19.4. The van der Waals surface area contributed by atoms with Crippen LogP contribution in [0.15, 0.2) is 79.1 Å². The minimum Gasteiger partial charge on any atom is -0.497 e. The average Bonchev–Trinajstić information content (AvgIpc) is 2.78. The predicted octanol–water partition coefficient (Wildman–Crippen LogP) is 4.53. The van der Waals surface area contributed by atoms with Crippen molar-refractivity contribution in [1.82, 2.24) is 10.3 Å². The third kappa shape index (κ3) is 6.21. The second-order valence-electron chi connectivity index (χ2n) is 6.90. The fourth-order valence-corrected chi connectivity index (χ4v) is 3.22. The van der Waals surface area contributed by atoms with Gasteiger partial charge < -0.3 is 15.4 Å². The zero-order chi connectivity index (χ0) is 22.3. The van der Waals surface area contributed by atoms with Crippen LogP contribution in [0.1, 0.15) is 17.2 Å². The summed E-state index contributed by atoms with van der Waals surface area (Å²) in [6, 6.07) is 18.0. The summed E-state index contributed by atoms with van der Waals surface area (Å²) in [7, 11) is 1.55. The highest BCUT2D eigenvalue weighted by Gasteiger charge is 2.41. The molecule has 0 unspecified atom stereocenters. The maximum Gasteiger partial charge on any atom is 0.471 e. The molecule has 3 rings (SSSR count). The molecule has 31 heavy (non-hydrogen) atoms. The first-order valence-corrected chi connectivity index (χ1v) is 9.59. The number of alkyl halides is 3. The summed E-state index contributed by atoms with van der Waals surface area (Å²) in [6.07, 6.45) is -1.69. The van der Waals surface area contributed by atoms with Gasteiger partial charge in [0, 0.05) is 18.1 Å². The zero-order valence-electron chi connectivity index (χ0n) is 16.8. The van der Waals surface area contributed by atoms with Gasteiger partial charge in [0.1, 0.15) is 5.75 Å². The van der Waals surface area contributed by atoms with Gasteiger partial charge in [-0.05, 0) is 47.9 Å². The molecule has 2 N–H and O–H groups in total. The molecule has 0 fully saturated rings. The van der Waals surface area contributed by atoms with Gasteiger partial charge in [0.05, 0.1) is 19.2 Å². The molecule has 0 radical (unpaired) electrons. The highest BCUT2D eigenvalue weighted by Crippen LogP contribution is 2.27. The van der Waals surface area contributed by atoms with Crippen molar-refractivity contribution in [2.24, 2.45) is 0 Å². The molecule has 1 amide bonds. The number of carbonyl (C=O) groups is 1. The lowest BCUT2D eigenvalue weighted by atomic mass is 9.93. The number of carbonyl (C=O) groups excluding carboxylic acids is 1. The zero-order valence-corrected chi connectivity index (χ0v) is 16.8. The molecule has 3 aromatic rings. The molecule has 0 aliphatic heterocycles. The molecule has 0 aliphatic carbocycles. The van der Waals surface area contributed by atoms with Crippen LogP contribution in [0.25, 0.3) is 0 Å². The minimum atomic E-state index is -4.99. The molecule has 5 nitrogen and oxygen atoms in total. The summed E-state index contributed by atoms with van der Waals surface area (Å²) in [5.41, 5.74) is 2.11. The van der Waals surface area contributed by atoms with Crippen molar-refractivity contribution in [1.29, 1.82) is 0 Å². The topological polar surface area (TPSA) is 63.2 Å². The number of rotatable bonds is 8. The van der Waals surface area contributed by atoms with Gasteiger partial charge in [-0.25, -0.2) is 0 Å². The van der Waals surface area contributed by atoms with Crippen molar-refractivity contribution in [3.05, 3.63) is 90.3 Å². The maximum atomic E-state index is 13.1. The van der Waals surface area contributed by atoms with E-state index in [1.807, 2.05) is 6.07 Å². The standard InChI is InChI=1S/C23H22F3N3O2/c1-31-19-11-9-18(10-12-19)28-21(17-7-3-2-4-8-17)20(29-22(30)23(24,25)26)14-16-6-5-13-27-15-16/h2-13,15,20-21,28H,14H2,1H3,(H,29,30)/t20-,21+/m0/s1. The van der Waals surface area contributed by atoms with Gasteiger partial charge in [-0.2, -0.15) is 13.2 Å². The number of nitrogens with zero attached hydrogens (tertiary/aromatic N) is 1. The number of benzene rings is 2. The Kier molecular flexibility index (Phi) is 7.12. The molecule has 0 bridgehead atoms. The number of nitrogens with one attached hydrogen (secondary N) is 2. The normalized spacial score (nSPS) is 13.2. The SMILES string of the molecule is COc1ccc(N[C@H](c2ccccc2)[C@H](Cc2cccnc2)NC(=O)C(F)(F)F)cc1. The molecule has 0 saturated heterocycles. The van der Waals surface area contributed by atoms with E-state index in [0.717, 1.165) is 5.56 Å². The van der Waals surface area contributed by atoms with Gasteiger partial charge in [-0.1, -0.05) is 36.4 Å². The average molecular weight is 429 g/mol. The fourth-order valence-electron chi connectivity index (χ4n) is 3.22. The Morgan fingerprint density at radius 2 is 1.74 bits per heavy atom. The van der Waals surface area contributed by atoms with Crippen molar-refractivity contribution in [2.75, 3.05) is 12.4 Å². The molecule has 8 heteroatoms. The van der Waals surface area contributed by atoms with Crippen LogP contribution in [0.5, 0.6) is 5.75 Å². The van der Waals surface area contributed by atoms with E-state index in [4.69, 9.17) is 4.74 Å². The second kappa shape index (κ2) is 9.97. The van der Waals surface area contributed by atoms with E-state index >= 15 is 0 Å². The lowest BCUT2D eigenvalue weighted by Crippen LogP contribution is -2.48. The van der Waals surface area contributed by atoms with Gasteiger partial charge in [0.25, 0.3) is 0 Å². The molecule has 162 valence electrons. The maximum absolute atomic E-state index is 13.1. The monoisotopic (exact) mass is 429 g/mol. The van der Waals surface area contributed by atoms with Crippen molar-refractivity contribution in [3.8, 4) is 5.75 Å². The van der Waals surface area contributed by atoms with E-state index in [0.29, 0.717) is 17.0 Å². The van der Waals surface area contributed by atoms with E-state index in [2.05, 4.69) is 15.6 Å². The number of methoxy groups -OCH3 is 1. The molecule has 1 heterocycles. The molecular weight excluding hydrogens is 407 g/mol. The number of halogens is 3. The molecular formula is C23H22F3N3O2. The number of hydrogen-bond acceptors (Lipinski definition) is 4. The summed E-state index contributed by atoms with van der Waals surface area (Å²) >= 11 is 0. The van der Waals surface area contributed by atoms with Crippen molar-refractivity contribution in [3.63, 3.8) is 0 Å². The van der Waals surface area contributed by atoms with Crippen LogP contribution in [0.4, 0.5) is 18.9 Å². The van der Waals surface area contributed by atoms with Crippen LogP contribution in [-0.4, -0.2) is 30.2 Å². The molecule has 2 atom stereocenters. The van der Waals surface area contributed by atoms with E-state index < -0.39 is 24.2 Å². The van der Waals surface area contributed by atoms with Gasteiger partial charge in [-0.15, -0.1) is 0 Å². The summed E-state index contributed by atoms with van der Waals surface area (Å²) in [6.45, 7) is 0. The number of amides is 1. The molecule has 2 aromatic carbocycles. The Bertz CT molecular complexity index is 965. The van der Waals surface area contributed by atoms with Crippen LogP contribution in [0.2, 0.25) is 0 Å². The second-order valence-corrected chi connectivity index (χ2v) is 6.90. The summed E-state index contributed by atoms with van der Waals surface area (Å²) < 4.78 is 44.4. The number of aromatic nitrogens is 1. The van der Waals surface area contributed by atoms with E-state index in [1.54, 1.807) is 80.2 Å². The van der Waals surface area contributed by atoms with E-state index in [1.165, 1.54) is 0 Å². The van der Waals surface area contributed by atoms with Crippen LogP contribution in [0, 0.1) is 0 Å². The minimum absolute atomic E-state index is 0.151. The molecule has 1 aromatic heterocycles. The van der Waals surface area contributed by atoms with Crippen molar-refractivity contribution >= 4 is 11.6 Å². The number of hydrogen-bond donors (Lipinski definition) is 2. The number of anilines is 1. The van der Waals surface area contributed by atoms with Gasteiger partial charge >= 0.3 is 12.1 Å². The molecule has 0 spiro atoms. The lowest BCUT2D eigenvalue weighted by Gasteiger charge is -2.30. The van der Waals surface area contributed by atoms with Crippen LogP contribution >= 0.6 is 0 Å². The summed E-state index contributed by atoms with van der Waals surface area (Å²) in [5.74, 6) is -1.34. The first-order valence-electron chi connectivity index (χ1n) is 9.59. The smallest absolute Gasteiger partial charge is 0.471 e. The van der Waals surface area contributed by atoms with Gasteiger partial charge in [0.2, 0.25) is 0 Å². The Balaban J connectivity index is 1.96. The Hall–Kier alpha value is -3.55. The predicted molar refractivity (Wildman–Crippen MR) is 112 cm³/mol. The van der Waals surface area contributed by atoms with Gasteiger partial charge in [-0.3, -0.25) is 9.78 Å². The third-order valence-corrected chi connectivity index (χ3v) is 4.73. The van der Waals surface area contributed by atoms with Crippen LogP contribution in [-0.2, 0) is 11.2 Å². The van der Waals surface area contributed by atoms with E-state index in [-0.39, 0.29) is 6.42 Å². The molecule has 0 saturated carbocycles. The summed E-state index contributed by atoms with van der Waals surface area (Å²) in [4.78, 5) is 15.9. The van der Waals surface area contributed by atoms with Crippen molar-refractivity contribution < 1.29 is 22.7 Å². The van der Waals surface area contributed by atoms with Crippen LogP contribution < -0.4 is 15.4 Å². The number of ether oxygens (including phenoxy) is 1. The first kappa shape index (κ1) is 22.1. The highest BCUT2D eigenvalue weighted by molar-refractivity contribution is 5.82. The Morgan fingerprint density at radius 3 is 2.32 bits per heavy atom. The lowest BCUT2D eigenvalue weighted by molar-refractivity contribution is -0.174. The fraction of sp³-hybridized carbons (Fsp3) is 0.217. The first-order chi connectivity index (χ1) is 14.9. The Morgan fingerprint density at radius 1 is 1.03 bits per heavy atom. The quantitative estimate of drug-likeness (QED) is 0.552. The van der Waals surface area contributed by atoms with Crippen molar-refractivity contribution in [2.45, 2.75) is 24.7 Å². The molecule has 0 aliphatic rings. The van der Waals surface area contributed by atoms with Gasteiger partial charge in [0.15, 0.2) is 0 Å².